The molecule has 1 aliphatic heterocycles. The molecule has 0 saturated carbocycles. The Hall–Kier alpha value is -1.60. The van der Waals surface area contributed by atoms with E-state index in [-0.39, 0.29) is 18.1 Å². The van der Waals surface area contributed by atoms with Gasteiger partial charge in [0.2, 0.25) is 0 Å². The summed E-state index contributed by atoms with van der Waals surface area (Å²) in [6, 6.07) is 4.58. The monoisotopic (exact) mass is 358 g/mol. The number of nitrogens with zero attached hydrogens (tertiary/aromatic N) is 1. The highest BCUT2D eigenvalue weighted by atomic mass is 35.5. The van der Waals surface area contributed by atoms with Crippen molar-refractivity contribution in [2.24, 2.45) is 0 Å². The van der Waals surface area contributed by atoms with Gasteiger partial charge in [0.25, 0.3) is 0 Å². The van der Waals surface area contributed by atoms with Crippen LogP contribution in [0.2, 0.25) is 5.02 Å². The van der Waals surface area contributed by atoms with Crippen molar-refractivity contribution in [2.75, 3.05) is 23.4 Å². The molecule has 1 aromatic rings. The molecule has 23 heavy (non-hydrogen) atoms. The summed E-state index contributed by atoms with van der Waals surface area (Å²) in [5.74, 6) is -1.55. The summed E-state index contributed by atoms with van der Waals surface area (Å²) in [7, 11) is -3.12. The first-order valence-electron chi connectivity index (χ1n) is 7.32. The highest BCUT2D eigenvalue weighted by Gasteiger charge is 2.36. The molecule has 1 aliphatic rings. The highest BCUT2D eigenvalue weighted by Crippen LogP contribution is 2.23. The van der Waals surface area contributed by atoms with E-state index in [4.69, 9.17) is 11.6 Å². The van der Waals surface area contributed by atoms with Gasteiger partial charge in [-0.2, -0.15) is 0 Å². The van der Waals surface area contributed by atoms with Crippen molar-refractivity contribution in [3.05, 3.63) is 28.8 Å². The van der Waals surface area contributed by atoms with Crippen molar-refractivity contribution < 1.29 is 18.0 Å². The normalized spacial score (nSPS) is 19.3. The van der Waals surface area contributed by atoms with E-state index >= 15 is 0 Å². The van der Waals surface area contributed by atoms with Gasteiger partial charge in [-0.3, -0.25) is 9.59 Å². The number of hydrogen-bond acceptors (Lipinski definition) is 4. The zero-order valence-corrected chi connectivity index (χ0v) is 14.6. The summed E-state index contributed by atoms with van der Waals surface area (Å²) in [6.07, 6.45) is 0.366. The minimum Gasteiger partial charge on any atom is -0.331 e. The molecule has 0 bridgehead atoms. The Labute approximate surface area is 140 Å². The molecular formula is C15H19ClN2O4S. The van der Waals surface area contributed by atoms with Gasteiger partial charge in [0.05, 0.1) is 11.5 Å². The van der Waals surface area contributed by atoms with Crippen LogP contribution < -0.4 is 5.32 Å². The van der Waals surface area contributed by atoms with Gasteiger partial charge in [0.1, 0.15) is 0 Å². The minimum absolute atomic E-state index is 0.0521. The molecule has 2 amide bonds. The van der Waals surface area contributed by atoms with Crippen LogP contribution in [-0.2, 0) is 19.4 Å². The fraction of sp³-hybridized carbons (Fsp3) is 0.467. The van der Waals surface area contributed by atoms with Gasteiger partial charge >= 0.3 is 11.8 Å². The number of amides is 2. The molecule has 1 N–H and O–H groups in total. The van der Waals surface area contributed by atoms with Crippen molar-refractivity contribution in [1.29, 1.82) is 0 Å². The lowest BCUT2D eigenvalue weighted by Crippen LogP contribution is -2.46. The molecule has 1 saturated heterocycles. The molecule has 1 atom stereocenters. The predicted molar refractivity (Wildman–Crippen MR) is 89.3 cm³/mol. The molecule has 1 aromatic carbocycles. The Morgan fingerprint density at radius 3 is 2.65 bits per heavy atom. The maximum absolute atomic E-state index is 12.4. The largest absolute Gasteiger partial charge is 0.331 e. The number of likely N-dealkylation sites (N-methyl/N-ethyl adjacent to an activating group) is 1. The fourth-order valence-corrected chi connectivity index (χ4v) is 4.54. The third-order valence-electron chi connectivity index (χ3n) is 3.96. The second kappa shape index (κ2) is 6.88. The fourth-order valence-electron chi connectivity index (χ4n) is 2.64. The van der Waals surface area contributed by atoms with Crippen molar-refractivity contribution >= 4 is 38.9 Å². The summed E-state index contributed by atoms with van der Waals surface area (Å²) in [6.45, 7) is 3.74. The molecule has 1 heterocycles. The Balaban J connectivity index is 2.12. The Kier molecular flexibility index (Phi) is 5.31. The van der Waals surface area contributed by atoms with E-state index in [1.165, 1.54) is 4.90 Å². The molecule has 126 valence electrons. The van der Waals surface area contributed by atoms with Gasteiger partial charge in [-0.05, 0) is 38.0 Å². The number of nitrogens with one attached hydrogen (secondary N) is 1. The molecule has 1 unspecified atom stereocenters. The van der Waals surface area contributed by atoms with Crippen LogP contribution in [0.25, 0.3) is 0 Å². The molecule has 8 heteroatoms. The average molecular weight is 359 g/mol. The number of rotatable bonds is 3. The number of anilines is 1. The Morgan fingerprint density at radius 2 is 2.09 bits per heavy atom. The van der Waals surface area contributed by atoms with Crippen molar-refractivity contribution in [3.8, 4) is 0 Å². The first kappa shape index (κ1) is 17.7. The SMILES string of the molecule is CCN(C(=O)C(=O)Nc1cccc(Cl)c1C)C1CCS(=O)(=O)C1. The van der Waals surface area contributed by atoms with Crippen LogP contribution in [0.1, 0.15) is 18.9 Å². The smallest absolute Gasteiger partial charge is 0.313 e. The molecule has 0 aliphatic carbocycles. The lowest BCUT2D eigenvalue weighted by Gasteiger charge is -2.26. The first-order valence-corrected chi connectivity index (χ1v) is 9.52. The van der Waals surface area contributed by atoms with Crippen LogP contribution in [0.3, 0.4) is 0 Å². The predicted octanol–water partition coefficient (Wildman–Crippen LogP) is 1.62. The van der Waals surface area contributed by atoms with E-state index in [1.807, 2.05) is 0 Å². The maximum atomic E-state index is 12.4. The summed E-state index contributed by atoms with van der Waals surface area (Å²) < 4.78 is 23.1. The molecular weight excluding hydrogens is 340 g/mol. The van der Waals surface area contributed by atoms with E-state index in [0.29, 0.717) is 22.7 Å². The molecule has 2 rings (SSSR count). The van der Waals surface area contributed by atoms with Crippen LogP contribution in [0.15, 0.2) is 18.2 Å². The zero-order valence-electron chi connectivity index (χ0n) is 13.0. The minimum atomic E-state index is -3.12. The lowest BCUT2D eigenvalue weighted by atomic mass is 10.2. The zero-order chi connectivity index (χ0) is 17.2. The van der Waals surface area contributed by atoms with Crippen molar-refractivity contribution in [1.82, 2.24) is 4.90 Å². The summed E-state index contributed by atoms with van der Waals surface area (Å²) in [4.78, 5) is 25.9. The number of halogens is 1. The van der Waals surface area contributed by atoms with Crippen LogP contribution in [0.5, 0.6) is 0 Å². The van der Waals surface area contributed by atoms with Gasteiger partial charge < -0.3 is 10.2 Å². The Bertz CT molecular complexity index is 733. The van der Waals surface area contributed by atoms with E-state index in [2.05, 4.69) is 5.32 Å². The third kappa shape index (κ3) is 4.03. The number of sulfone groups is 1. The number of carbonyl (C=O) groups excluding carboxylic acids is 2. The number of benzene rings is 1. The summed E-state index contributed by atoms with van der Waals surface area (Å²) in [5.41, 5.74) is 1.13. The van der Waals surface area contributed by atoms with Gasteiger partial charge in [-0.15, -0.1) is 0 Å². The topological polar surface area (TPSA) is 83.6 Å². The lowest BCUT2D eigenvalue weighted by molar-refractivity contribution is -0.144. The van der Waals surface area contributed by atoms with Crippen LogP contribution in [0, 0.1) is 6.92 Å². The van der Waals surface area contributed by atoms with E-state index in [1.54, 1.807) is 32.0 Å². The number of hydrogen-bond donors (Lipinski definition) is 1. The second-order valence-electron chi connectivity index (χ2n) is 5.51. The maximum Gasteiger partial charge on any atom is 0.313 e. The average Bonchev–Trinajstić information content (AvgIpc) is 2.84. The van der Waals surface area contributed by atoms with Gasteiger partial charge in [-0.25, -0.2) is 8.42 Å². The molecule has 1 fully saturated rings. The molecule has 6 nitrogen and oxygen atoms in total. The van der Waals surface area contributed by atoms with Gasteiger partial charge in [0, 0.05) is 23.3 Å². The van der Waals surface area contributed by atoms with Crippen molar-refractivity contribution in [3.63, 3.8) is 0 Å². The van der Waals surface area contributed by atoms with E-state index < -0.39 is 27.7 Å². The Morgan fingerprint density at radius 1 is 1.39 bits per heavy atom. The molecule has 0 aromatic heterocycles. The van der Waals surface area contributed by atoms with Gasteiger partial charge in [0.15, 0.2) is 9.84 Å². The summed E-state index contributed by atoms with van der Waals surface area (Å²) in [5, 5.41) is 3.04. The summed E-state index contributed by atoms with van der Waals surface area (Å²) >= 11 is 5.99. The van der Waals surface area contributed by atoms with E-state index in [0.717, 1.165) is 0 Å². The quantitative estimate of drug-likeness (QED) is 0.832. The standard InChI is InChI=1S/C15H19ClN2O4S/c1-3-18(11-7-8-23(21,22)9-11)15(20)14(19)17-13-6-4-5-12(16)10(13)2/h4-6,11H,3,7-9H2,1-2H3,(H,17,19). The third-order valence-corrected chi connectivity index (χ3v) is 6.12. The molecule has 0 radical (unpaired) electrons. The number of carbonyl (C=O) groups is 2. The van der Waals surface area contributed by atoms with Crippen LogP contribution in [-0.4, -0.2) is 49.2 Å². The van der Waals surface area contributed by atoms with Crippen LogP contribution >= 0.6 is 11.6 Å². The molecule has 0 spiro atoms. The van der Waals surface area contributed by atoms with E-state index in [9.17, 15) is 18.0 Å². The van der Waals surface area contributed by atoms with Crippen molar-refractivity contribution in [2.45, 2.75) is 26.3 Å². The van der Waals surface area contributed by atoms with Crippen LogP contribution in [0.4, 0.5) is 5.69 Å². The first-order chi connectivity index (χ1) is 10.7. The highest BCUT2D eigenvalue weighted by molar-refractivity contribution is 7.91. The second-order valence-corrected chi connectivity index (χ2v) is 8.15. The van der Waals surface area contributed by atoms with Gasteiger partial charge in [-0.1, -0.05) is 17.7 Å².